The van der Waals surface area contributed by atoms with Crippen molar-refractivity contribution >= 4 is 46.8 Å². The molecule has 11 heteroatoms. The Morgan fingerprint density at radius 3 is 2.38 bits per heavy atom. The van der Waals surface area contributed by atoms with E-state index >= 15 is 0 Å². The molecule has 6 nitrogen and oxygen atoms in total. The van der Waals surface area contributed by atoms with Crippen LogP contribution in [0, 0.1) is 11.6 Å². The van der Waals surface area contributed by atoms with E-state index in [-0.39, 0.29) is 17.1 Å². The highest BCUT2D eigenvalue weighted by atomic mass is 35.5. The van der Waals surface area contributed by atoms with Gasteiger partial charge in [0.25, 0.3) is 5.91 Å². The summed E-state index contributed by atoms with van der Waals surface area (Å²) in [6.45, 7) is 3.45. The normalized spacial score (nSPS) is 11.4. The van der Waals surface area contributed by atoms with Gasteiger partial charge in [0.1, 0.15) is 18.2 Å². The molecule has 4 rings (SSSR count). The Morgan fingerprint density at radius 1 is 1.03 bits per heavy atom. The minimum absolute atomic E-state index is 0.0148. The molecule has 0 saturated carbocycles. The molecule has 1 heterocycles. The van der Waals surface area contributed by atoms with Gasteiger partial charge in [0, 0.05) is 22.4 Å². The monoisotopic (exact) mass is 589 g/mol. The fourth-order valence-corrected chi connectivity index (χ4v) is 5.23. The summed E-state index contributed by atoms with van der Waals surface area (Å²) in [5.74, 6) is -2.69. The Labute approximate surface area is 238 Å². The number of carbonyl (C=O) groups excluding carboxylic acids is 1. The lowest BCUT2D eigenvalue weighted by atomic mass is 9.81. The van der Waals surface area contributed by atoms with Gasteiger partial charge in [-0.2, -0.15) is 0 Å². The van der Waals surface area contributed by atoms with Crippen LogP contribution in [0.4, 0.5) is 8.78 Å². The third-order valence-corrected chi connectivity index (χ3v) is 7.91. The SMILES string of the molecule is CC(C)(c1ccc(Cl)c(Cl)c1)c1cnc(SCc2ccc(C(=O)NCC(=O)O)cc2F)n1-c1ccc(F)cc1. The molecule has 0 atom stereocenters. The molecule has 0 fully saturated rings. The molecule has 39 heavy (non-hydrogen) atoms. The van der Waals surface area contributed by atoms with Crippen LogP contribution in [-0.2, 0) is 16.0 Å². The second-order valence-corrected chi connectivity index (χ2v) is 10.9. The van der Waals surface area contributed by atoms with Gasteiger partial charge in [0.2, 0.25) is 0 Å². The van der Waals surface area contributed by atoms with E-state index in [0.29, 0.717) is 26.5 Å². The summed E-state index contributed by atoms with van der Waals surface area (Å²) in [5.41, 5.74) is 2.10. The van der Waals surface area contributed by atoms with Crippen LogP contribution in [-0.4, -0.2) is 33.1 Å². The highest BCUT2D eigenvalue weighted by Crippen LogP contribution is 2.38. The smallest absolute Gasteiger partial charge is 0.322 e. The first-order valence-corrected chi connectivity index (χ1v) is 13.4. The van der Waals surface area contributed by atoms with Crippen LogP contribution < -0.4 is 5.32 Å². The summed E-state index contributed by atoms with van der Waals surface area (Å²) >= 11 is 13.7. The van der Waals surface area contributed by atoms with Crippen molar-refractivity contribution in [1.29, 1.82) is 0 Å². The van der Waals surface area contributed by atoms with Gasteiger partial charge in [-0.3, -0.25) is 14.2 Å². The number of aromatic nitrogens is 2. The number of carbonyl (C=O) groups is 2. The number of nitrogens with zero attached hydrogens (tertiary/aromatic N) is 2. The largest absolute Gasteiger partial charge is 0.480 e. The Kier molecular flexibility index (Phi) is 8.64. The number of benzene rings is 3. The fraction of sp³-hybridized carbons (Fsp3) is 0.179. The van der Waals surface area contributed by atoms with E-state index in [1.54, 1.807) is 30.5 Å². The van der Waals surface area contributed by atoms with Crippen LogP contribution in [0.1, 0.15) is 41.0 Å². The Balaban J connectivity index is 1.66. The number of halogens is 4. The molecule has 3 aromatic carbocycles. The van der Waals surface area contributed by atoms with Crippen LogP contribution in [0.3, 0.4) is 0 Å². The predicted octanol–water partition coefficient (Wildman–Crippen LogP) is 6.89. The number of amides is 1. The lowest BCUT2D eigenvalue weighted by molar-refractivity contribution is -0.135. The van der Waals surface area contributed by atoms with Gasteiger partial charge in [-0.05, 0) is 59.7 Å². The van der Waals surface area contributed by atoms with Crippen molar-refractivity contribution in [2.24, 2.45) is 0 Å². The average molecular weight is 590 g/mol. The quantitative estimate of drug-likeness (QED) is 0.208. The molecule has 0 aliphatic heterocycles. The molecule has 0 aliphatic carbocycles. The summed E-state index contributed by atoms with van der Waals surface area (Å²) in [5, 5.41) is 12.3. The summed E-state index contributed by atoms with van der Waals surface area (Å²) < 4.78 is 30.5. The second-order valence-electron chi connectivity index (χ2n) is 9.16. The number of hydrogen-bond donors (Lipinski definition) is 2. The fourth-order valence-electron chi connectivity index (χ4n) is 3.96. The lowest BCUT2D eigenvalue weighted by Crippen LogP contribution is -2.29. The number of thioether (sulfide) groups is 1. The number of aliphatic carboxylic acids is 1. The van der Waals surface area contributed by atoms with E-state index in [0.717, 1.165) is 17.3 Å². The van der Waals surface area contributed by atoms with Gasteiger partial charge < -0.3 is 10.4 Å². The first kappa shape index (κ1) is 28.6. The van der Waals surface area contributed by atoms with Gasteiger partial charge in [0.15, 0.2) is 5.16 Å². The van der Waals surface area contributed by atoms with Gasteiger partial charge in [-0.25, -0.2) is 13.8 Å². The summed E-state index contributed by atoms with van der Waals surface area (Å²) in [6, 6.07) is 15.4. The van der Waals surface area contributed by atoms with Gasteiger partial charge in [0.05, 0.1) is 21.9 Å². The highest BCUT2D eigenvalue weighted by molar-refractivity contribution is 7.98. The number of carboxylic acid groups (broad SMARTS) is 1. The minimum Gasteiger partial charge on any atom is -0.480 e. The van der Waals surface area contributed by atoms with E-state index in [2.05, 4.69) is 10.3 Å². The molecule has 0 spiro atoms. The van der Waals surface area contributed by atoms with Crippen LogP contribution in [0.15, 0.2) is 72.0 Å². The maximum atomic E-state index is 14.9. The molecule has 0 saturated heterocycles. The Hall–Kier alpha value is -3.40. The molecule has 4 aromatic rings. The van der Waals surface area contributed by atoms with Crippen LogP contribution >= 0.6 is 35.0 Å². The van der Waals surface area contributed by atoms with Crippen LogP contribution in [0.25, 0.3) is 5.69 Å². The van der Waals surface area contributed by atoms with Crippen molar-refractivity contribution in [2.45, 2.75) is 30.2 Å². The van der Waals surface area contributed by atoms with Crippen molar-refractivity contribution in [2.75, 3.05) is 6.54 Å². The second kappa shape index (κ2) is 11.8. The molecule has 0 radical (unpaired) electrons. The predicted molar refractivity (Wildman–Crippen MR) is 148 cm³/mol. The lowest BCUT2D eigenvalue weighted by Gasteiger charge is -2.28. The number of rotatable bonds is 9. The first-order chi connectivity index (χ1) is 18.5. The molecular weight excluding hydrogens is 567 g/mol. The van der Waals surface area contributed by atoms with Crippen molar-refractivity contribution in [3.05, 3.63) is 111 Å². The molecule has 2 N–H and O–H groups in total. The Morgan fingerprint density at radius 2 is 1.74 bits per heavy atom. The molecule has 0 unspecified atom stereocenters. The van der Waals surface area contributed by atoms with E-state index in [4.69, 9.17) is 28.3 Å². The van der Waals surface area contributed by atoms with Crippen molar-refractivity contribution in [1.82, 2.24) is 14.9 Å². The van der Waals surface area contributed by atoms with Crippen LogP contribution in [0.2, 0.25) is 10.0 Å². The molecule has 202 valence electrons. The molecule has 1 amide bonds. The summed E-state index contributed by atoms with van der Waals surface area (Å²) in [4.78, 5) is 27.3. The zero-order valence-corrected chi connectivity index (χ0v) is 23.2. The first-order valence-electron chi connectivity index (χ1n) is 11.7. The van der Waals surface area contributed by atoms with E-state index in [1.165, 1.54) is 36.0 Å². The zero-order valence-electron chi connectivity index (χ0n) is 20.8. The summed E-state index contributed by atoms with van der Waals surface area (Å²) in [6.07, 6.45) is 1.72. The number of carboxylic acids is 1. The summed E-state index contributed by atoms with van der Waals surface area (Å²) in [7, 11) is 0. The van der Waals surface area contributed by atoms with E-state index in [1.807, 2.05) is 24.5 Å². The maximum Gasteiger partial charge on any atom is 0.322 e. The number of hydrogen-bond acceptors (Lipinski definition) is 4. The zero-order chi connectivity index (χ0) is 28.3. The third kappa shape index (κ3) is 6.43. The van der Waals surface area contributed by atoms with E-state index in [9.17, 15) is 18.4 Å². The van der Waals surface area contributed by atoms with Gasteiger partial charge >= 0.3 is 5.97 Å². The van der Waals surface area contributed by atoms with E-state index < -0.39 is 29.7 Å². The topological polar surface area (TPSA) is 84.2 Å². The number of nitrogens with one attached hydrogen (secondary N) is 1. The molecule has 0 bridgehead atoms. The highest BCUT2D eigenvalue weighted by Gasteiger charge is 2.30. The number of imidazole rings is 1. The average Bonchev–Trinajstić information content (AvgIpc) is 3.33. The molecular formula is C28H23Cl2F2N3O3S. The standard InChI is InChI=1S/C28H23Cl2F2N3O3S/c1-28(2,18-5-10-21(29)22(30)12-18)24-13-34-27(35(24)20-8-6-19(31)7-9-20)39-15-17-4-3-16(11-23(17)32)26(38)33-14-25(36)37/h3-13H,14-15H2,1-2H3,(H,33,38)(H,36,37). The minimum atomic E-state index is -1.20. The third-order valence-electron chi connectivity index (χ3n) is 6.17. The van der Waals surface area contributed by atoms with Crippen LogP contribution in [0.5, 0.6) is 0 Å². The molecule has 0 aliphatic rings. The van der Waals surface area contributed by atoms with Crippen molar-refractivity contribution in [3.63, 3.8) is 0 Å². The Bertz CT molecular complexity index is 1540. The molecule has 1 aromatic heterocycles. The van der Waals surface area contributed by atoms with Gasteiger partial charge in [-0.1, -0.05) is 60.9 Å². The maximum absolute atomic E-state index is 14.9. The van der Waals surface area contributed by atoms with Crippen molar-refractivity contribution in [3.8, 4) is 5.69 Å². The van der Waals surface area contributed by atoms with Crippen molar-refractivity contribution < 1.29 is 23.5 Å². The van der Waals surface area contributed by atoms with Gasteiger partial charge in [-0.15, -0.1) is 0 Å².